The van der Waals surface area contributed by atoms with Gasteiger partial charge in [-0.3, -0.25) is 0 Å². The first-order valence-corrected chi connectivity index (χ1v) is 7.43. The van der Waals surface area contributed by atoms with Crippen molar-refractivity contribution >= 4 is 0 Å². The number of hydrogen-bond acceptors (Lipinski definition) is 4. The molecule has 0 saturated carbocycles. The van der Waals surface area contributed by atoms with Gasteiger partial charge in [-0.15, -0.1) is 0 Å². The second-order valence-electron chi connectivity index (χ2n) is 6.84. The van der Waals surface area contributed by atoms with E-state index in [2.05, 4.69) is 50.1 Å². The predicted octanol–water partition coefficient (Wildman–Crippen LogP) is 4.88. The van der Waals surface area contributed by atoms with Crippen molar-refractivity contribution in [1.29, 1.82) is 10.5 Å². The zero-order valence-corrected chi connectivity index (χ0v) is 13.8. The monoisotopic (exact) mass is 276 g/mol. The minimum atomic E-state index is -0.819. The molecule has 0 aliphatic carbocycles. The van der Waals surface area contributed by atoms with Crippen molar-refractivity contribution < 1.29 is 0 Å². The summed E-state index contributed by atoms with van der Waals surface area (Å²) in [7, 11) is 0. The lowest BCUT2D eigenvalue weighted by molar-refractivity contribution is 0.399. The molecule has 0 heterocycles. The maximum atomic E-state index is 9.30. The molecule has 0 rings (SSSR count). The van der Waals surface area contributed by atoms with Gasteiger partial charge in [-0.05, 0) is 51.4 Å². The van der Waals surface area contributed by atoms with Crippen LogP contribution in [0.3, 0.4) is 0 Å². The fourth-order valence-electron chi connectivity index (χ4n) is 1.62. The van der Waals surface area contributed by atoms with Gasteiger partial charge < -0.3 is 0 Å². The summed E-state index contributed by atoms with van der Waals surface area (Å²) < 4.78 is 0. The Kier molecular flexibility index (Phi) is 7.43. The van der Waals surface area contributed by atoms with Crippen LogP contribution in [0.1, 0.15) is 67.2 Å². The van der Waals surface area contributed by atoms with Gasteiger partial charge >= 0.3 is 0 Å². The van der Waals surface area contributed by atoms with Crippen molar-refractivity contribution in [3.8, 4) is 12.1 Å². The Hall–Kier alpha value is -1.42. The number of azo groups is 1. The summed E-state index contributed by atoms with van der Waals surface area (Å²) in [5, 5.41) is 27.0. The highest BCUT2D eigenvalue weighted by Gasteiger charge is 2.28. The highest BCUT2D eigenvalue weighted by atomic mass is 15.2. The summed E-state index contributed by atoms with van der Waals surface area (Å²) in [4.78, 5) is 0. The maximum Gasteiger partial charge on any atom is 0.164 e. The Morgan fingerprint density at radius 1 is 0.800 bits per heavy atom. The molecule has 20 heavy (non-hydrogen) atoms. The van der Waals surface area contributed by atoms with Crippen LogP contribution in [0.2, 0.25) is 0 Å². The smallest absolute Gasteiger partial charge is 0.164 e. The van der Waals surface area contributed by atoms with Crippen molar-refractivity contribution in [2.24, 2.45) is 22.1 Å². The molecule has 0 spiro atoms. The lowest BCUT2D eigenvalue weighted by atomic mass is 9.93. The first-order valence-electron chi connectivity index (χ1n) is 7.43. The highest BCUT2D eigenvalue weighted by molar-refractivity contribution is 5.07. The van der Waals surface area contributed by atoms with Crippen molar-refractivity contribution in [2.75, 3.05) is 0 Å². The van der Waals surface area contributed by atoms with Gasteiger partial charge in [0.2, 0.25) is 0 Å². The summed E-state index contributed by atoms with van der Waals surface area (Å²) in [6.45, 7) is 12.1. The molecule has 0 aromatic heterocycles. The fourth-order valence-corrected chi connectivity index (χ4v) is 1.62. The number of hydrogen-bond donors (Lipinski definition) is 0. The average molecular weight is 276 g/mol. The molecule has 0 saturated heterocycles. The third-order valence-corrected chi connectivity index (χ3v) is 3.39. The average Bonchev–Trinajstić information content (AvgIpc) is 2.41. The second kappa shape index (κ2) is 8.00. The molecule has 2 atom stereocenters. The van der Waals surface area contributed by atoms with Crippen molar-refractivity contribution in [2.45, 2.75) is 78.3 Å². The lowest BCUT2D eigenvalue weighted by Crippen LogP contribution is -2.24. The van der Waals surface area contributed by atoms with Gasteiger partial charge in [0.05, 0.1) is 12.1 Å². The van der Waals surface area contributed by atoms with E-state index in [9.17, 15) is 10.5 Å². The van der Waals surface area contributed by atoms with Gasteiger partial charge in [0.25, 0.3) is 0 Å². The van der Waals surface area contributed by atoms with Crippen molar-refractivity contribution in [3.63, 3.8) is 0 Å². The van der Waals surface area contributed by atoms with Crippen LogP contribution in [0.5, 0.6) is 0 Å². The van der Waals surface area contributed by atoms with Crippen LogP contribution in [0.15, 0.2) is 10.2 Å². The van der Waals surface area contributed by atoms with Crippen LogP contribution in [-0.4, -0.2) is 11.1 Å². The molecule has 0 amide bonds. The SMILES string of the molecule is CC(C)CCC(C)(C#N)/N=N/C(C)(C#N)CCC(C)C. The van der Waals surface area contributed by atoms with E-state index in [4.69, 9.17) is 0 Å². The highest BCUT2D eigenvalue weighted by Crippen LogP contribution is 2.25. The molecule has 0 aliphatic heterocycles. The second-order valence-corrected chi connectivity index (χ2v) is 6.84. The van der Waals surface area contributed by atoms with Gasteiger partial charge in [0.15, 0.2) is 11.1 Å². The van der Waals surface area contributed by atoms with E-state index in [0.29, 0.717) is 24.7 Å². The molecule has 0 aromatic carbocycles. The summed E-state index contributed by atoms with van der Waals surface area (Å²) in [6.07, 6.45) is 3.21. The minimum absolute atomic E-state index is 0.529. The van der Waals surface area contributed by atoms with E-state index in [1.54, 1.807) is 13.8 Å². The Labute approximate surface area is 123 Å². The predicted molar refractivity (Wildman–Crippen MR) is 81.0 cm³/mol. The third-order valence-electron chi connectivity index (χ3n) is 3.39. The molecular weight excluding hydrogens is 248 g/mol. The van der Waals surface area contributed by atoms with Crippen LogP contribution in [0.4, 0.5) is 0 Å². The normalized spacial score (nSPS) is 17.7. The van der Waals surface area contributed by atoms with Crippen LogP contribution in [0, 0.1) is 34.5 Å². The topological polar surface area (TPSA) is 72.3 Å². The maximum absolute atomic E-state index is 9.30. The molecule has 112 valence electrons. The molecule has 0 aliphatic rings. The van der Waals surface area contributed by atoms with Crippen LogP contribution in [0.25, 0.3) is 0 Å². The molecule has 2 unspecified atom stereocenters. The molecule has 4 nitrogen and oxygen atoms in total. The Bertz CT molecular complexity index is 362. The van der Waals surface area contributed by atoms with Gasteiger partial charge in [-0.2, -0.15) is 20.8 Å². The van der Waals surface area contributed by atoms with E-state index in [1.165, 1.54) is 0 Å². The van der Waals surface area contributed by atoms with E-state index in [-0.39, 0.29) is 0 Å². The molecule has 0 aromatic rings. The minimum Gasteiger partial charge on any atom is -0.196 e. The zero-order chi connectivity index (χ0) is 15.8. The van der Waals surface area contributed by atoms with Crippen LogP contribution < -0.4 is 0 Å². The van der Waals surface area contributed by atoms with Gasteiger partial charge in [0, 0.05) is 0 Å². The zero-order valence-electron chi connectivity index (χ0n) is 13.8. The molecule has 0 fully saturated rings. The molecular formula is C16H28N4. The third kappa shape index (κ3) is 7.24. The Morgan fingerprint density at radius 3 is 1.30 bits per heavy atom. The van der Waals surface area contributed by atoms with Gasteiger partial charge in [-0.25, -0.2) is 0 Å². The fraction of sp³-hybridized carbons (Fsp3) is 0.875. The van der Waals surface area contributed by atoms with E-state index in [1.807, 2.05) is 0 Å². The van der Waals surface area contributed by atoms with E-state index < -0.39 is 11.1 Å². The van der Waals surface area contributed by atoms with Crippen LogP contribution >= 0.6 is 0 Å². The quantitative estimate of drug-likeness (QED) is 0.593. The van der Waals surface area contributed by atoms with Crippen LogP contribution in [-0.2, 0) is 0 Å². The molecule has 4 heteroatoms. The van der Waals surface area contributed by atoms with E-state index >= 15 is 0 Å². The largest absolute Gasteiger partial charge is 0.196 e. The van der Waals surface area contributed by atoms with Crippen molar-refractivity contribution in [3.05, 3.63) is 0 Å². The number of rotatable bonds is 8. The molecule has 0 radical (unpaired) electrons. The Balaban J connectivity index is 4.84. The lowest BCUT2D eigenvalue weighted by Gasteiger charge is -2.20. The molecule has 0 N–H and O–H groups in total. The summed E-state index contributed by atoms with van der Waals surface area (Å²) >= 11 is 0. The van der Waals surface area contributed by atoms with Gasteiger partial charge in [0.1, 0.15) is 0 Å². The summed E-state index contributed by atoms with van der Waals surface area (Å²) in [5.41, 5.74) is -1.64. The Morgan fingerprint density at radius 2 is 1.10 bits per heavy atom. The van der Waals surface area contributed by atoms with Gasteiger partial charge in [-0.1, -0.05) is 27.7 Å². The van der Waals surface area contributed by atoms with Crippen molar-refractivity contribution in [1.82, 2.24) is 0 Å². The number of nitriles is 2. The summed E-state index contributed by atoms with van der Waals surface area (Å²) in [6, 6.07) is 4.45. The van der Waals surface area contributed by atoms with E-state index in [0.717, 1.165) is 12.8 Å². The molecule has 0 bridgehead atoms. The first-order chi connectivity index (χ1) is 9.16. The first kappa shape index (κ1) is 18.6. The number of nitrogens with zero attached hydrogens (tertiary/aromatic N) is 4. The summed E-state index contributed by atoms with van der Waals surface area (Å²) in [5.74, 6) is 1.06. The standard InChI is InChI=1S/C16H28N4/c1-13(2)7-9-15(5,11-17)19-20-16(6,12-18)10-8-14(3)4/h13-14H,7-10H2,1-6H3/b20-19+.